The molecule has 0 unspecified atom stereocenters. The number of amides is 1. The third kappa shape index (κ3) is 4.07. The summed E-state index contributed by atoms with van der Waals surface area (Å²) in [5.41, 5.74) is 2.81. The first-order valence-electron chi connectivity index (χ1n) is 9.06. The molecule has 0 aliphatic rings. The van der Waals surface area contributed by atoms with Gasteiger partial charge < -0.3 is 9.73 Å². The molecule has 6 heteroatoms. The highest BCUT2D eigenvalue weighted by Gasteiger charge is 2.12. The Balaban J connectivity index is 1.41. The molecule has 0 aliphatic carbocycles. The third-order valence-corrected chi connectivity index (χ3v) is 5.22. The van der Waals surface area contributed by atoms with Crippen molar-refractivity contribution < 1.29 is 9.21 Å². The largest absolute Gasteiger partial charge is 0.411 e. The minimum Gasteiger partial charge on any atom is -0.411 e. The molecule has 0 radical (unpaired) electrons. The molecule has 4 rings (SSSR count). The highest BCUT2D eigenvalue weighted by molar-refractivity contribution is 7.99. The van der Waals surface area contributed by atoms with E-state index in [0.717, 1.165) is 34.0 Å². The fourth-order valence-electron chi connectivity index (χ4n) is 2.97. The first-order valence-corrected chi connectivity index (χ1v) is 10.0. The van der Waals surface area contributed by atoms with Crippen molar-refractivity contribution in [1.82, 2.24) is 10.2 Å². The maximum Gasteiger partial charge on any atom is 0.277 e. The molecule has 0 atom stereocenters. The van der Waals surface area contributed by atoms with Crippen LogP contribution in [0.25, 0.3) is 22.2 Å². The number of thioether (sulfide) groups is 1. The standard InChI is InChI=1S/C22H19N3O2S/c1-2-15-7-5-6-10-19(15)23-20(26)14-28-22-25-24-21(27-22)18-12-11-16-8-3-4-9-17(16)13-18/h3-13H,2,14H2,1H3,(H,23,26). The second-order valence-corrected chi connectivity index (χ2v) is 7.21. The van der Waals surface area contributed by atoms with Crippen molar-refractivity contribution >= 4 is 34.1 Å². The molecule has 5 nitrogen and oxygen atoms in total. The fraction of sp³-hybridized carbons (Fsp3) is 0.136. The molecule has 4 aromatic rings. The number of para-hydroxylation sites is 1. The average Bonchev–Trinajstić information content (AvgIpc) is 3.21. The van der Waals surface area contributed by atoms with E-state index in [1.54, 1.807) is 0 Å². The van der Waals surface area contributed by atoms with Crippen molar-refractivity contribution in [1.29, 1.82) is 0 Å². The Labute approximate surface area is 167 Å². The van der Waals surface area contributed by atoms with Crippen molar-refractivity contribution in [2.24, 2.45) is 0 Å². The zero-order valence-electron chi connectivity index (χ0n) is 15.4. The number of benzene rings is 3. The zero-order valence-corrected chi connectivity index (χ0v) is 16.2. The lowest BCUT2D eigenvalue weighted by atomic mass is 10.1. The van der Waals surface area contributed by atoms with Gasteiger partial charge in [-0.2, -0.15) is 0 Å². The molecule has 0 aliphatic heterocycles. The number of hydrogen-bond acceptors (Lipinski definition) is 5. The normalized spacial score (nSPS) is 10.9. The van der Waals surface area contributed by atoms with Crippen LogP contribution in [0.4, 0.5) is 5.69 Å². The Morgan fingerprint density at radius 2 is 1.79 bits per heavy atom. The second-order valence-electron chi connectivity index (χ2n) is 6.28. The number of nitrogens with one attached hydrogen (secondary N) is 1. The van der Waals surface area contributed by atoms with Crippen LogP contribution in [0.15, 0.2) is 76.4 Å². The number of rotatable bonds is 6. The number of aryl methyl sites for hydroxylation is 1. The highest BCUT2D eigenvalue weighted by Crippen LogP contribution is 2.26. The predicted molar refractivity (Wildman–Crippen MR) is 112 cm³/mol. The molecule has 0 spiro atoms. The van der Waals surface area contributed by atoms with Gasteiger partial charge in [0.2, 0.25) is 11.8 Å². The molecule has 3 aromatic carbocycles. The second kappa shape index (κ2) is 8.27. The zero-order chi connectivity index (χ0) is 19.3. The summed E-state index contributed by atoms with van der Waals surface area (Å²) in [7, 11) is 0. The van der Waals surface area contributed by atoms with E-state index in [2.05, 4.69) is 28.5 Å². The summed E-state index contributed by atoms with van der Waals surface area (Å²) in [5.74, 6) is 0.554. The number of fused-ring (bicyclic) bond motifs is 1. The summed E-state index contributed by atoms with van der Waals surface area (Å²) < 4.78 is 5.72. The predicted octanol–water partition coefficient (Wildman–Crippen LogP) is 5.18. The van der Waals surface area contributed by atoms with E-state index in [1.165, 1.54) is 11.8 Å². The summed E-state index contributed by atoms with van der Waals surface area (Å²) in [6, 6.07) is 21.9. The van der Waals surface area contributed by atoms with Crippen molar-refractivity contribution in [2.45, 2.75) is 18.6 Å². The van der Waals surface area contributed by atoms with Gasteiger partial charge in [0.25, 0.3) is 5.22 Å². The van der Waals surface area contributed by atoms with Gasteiger partial charge in [-0.25, -0.2) is 0 Å². The molecule has 1 heterocycles. The van der Waals surface area contributed by atoms with Gasteiger partial charge in [0.15, 0.2) is 0 Å². The lowest BCUT2D eigenvalue weighted by molar-refractivity contribution is -0.113. The fourth-order valence-corrected chi connectivity index (χ4v) is 3.53. The Morgan fingerprint density at radius 3 is 2.64 bits per heavy atom. The molecule has 0 saturated heterocycles. The van der Waals surface area contributed by atoms with E-state index in [-0.39, 0.29) is 11.7 Å². The molecule has 1 aromatic heterocycles. The van der Waals surface area contributed by atoms with Gasteiger partial charge in [0.1, 0.15) is 0 Å². The number of hydrogen-bond donors (Lipinski definition) is 1. The van der Waals surface area contributed by atoms with E-state index in [4.69, 9.17) is 4.42 Å². The van der Waals surface area contributed by atoms with Crippen LogP contribution >= 0.6 is 11.8 Å². The maximum atomic E-state index is 12.3. The quantitative estimate of drug-likeness (QED) is 0.460. The van der Waals surface area contributed by atoms with E-state index in [1.807, 2.05) is 60.7 Å². The lowest BCUT2D eigenvalue weighted by Crippen LogP contribution is -2.15. The van der Waals surface area contributed by atoms with Crippen LogP contribution in [-0.4, -0.2) is 21.9 Å². The van der Waals surface area contributed by atoms with E-state index >= 15 is 0 Å². The minimum absolute atomic E-state index is 0.101. The molecule has 0 saturated carbocycles. The SMILES string of the molecule is CCc1ccccc1NC(=O)CSc1nnc(-c2ccc3ccccc3c2)o1. The van der Waals surface area contributed by atoms with Crippen LogP contribution in [0.1, 0.15) is 12.5 Å². The first kappa shape index (κ1) is 18.3. The van der Waals surface area contributed by atoms with Crippen LogP contribution in [-0.2, 0) is 11.2 Å². The van der Waals surface area contributed by atoms with Gasteiger partial charge in [-0.3, -0.25) is 4.79 Å². The van der Waals surface area contributed by atoms with Crippen molar-refractivity contribution in [2.75, 3.05) is 11.1 Å². The van der Waals surface area contributed by atoms with Gasteiger partial charge in [-0.1, -0.05) is 67.2 Å². The summed E-state index contributed by atoms with van der Waals surface area (Å²) in [4.78, 5) is 12.3. The lowest BCUT2D eigenvalue weighted by Gasteiger charge is -2.08. The smallest absolute Gasteiger partial charge is 0.277 e. The Morgan fingerprint density at radius 1 is 1.00 bits per heavy atom. The summed E-state index contributed by atoms with van der Waals surface area (Å²) in [5, 5.41) is 13.8. The first-order chi connectivity index (χ1) is 13.7. The van der Waals surface area contributed by atoms with E-state index < -0.39 is 0 Å². The van der Waals surface area contributed by atoms with Crippen molar-refractivity contribution in [3.05, 3.63) is 72.3 Å². The van der Waals surface area contributed by atoms with Crippen molar-refractivity contribution in [3.63, 3.8) is 0 Å². The molecule has 140 valence electrons. The van der Waals surface area contributed by atoms with Gasteiger partial charge in [-0.05, 0) is 41.0 Å². The van der Waals surface area contributed by atoms with Crippen LogP contribution in [0, 0.1) is 0 Å². The highest BCUT2D eigenvalue weighted by atomic mass is 32.2. The number of carbonyl (C=O) groups excluding carboxylic acids is 1. The van der Waals surface area contributed by atoms with E-state index in [0.29, 0.717) is 11.1 Å². The maximum absolute atomic E-state index is 12.3. The molecule has 1 amide bonds. The van der Waals surface area contributed by atoms with Crippen LogP contribution in [0.5, 0.6) is 0 Å². The average molecular weight is 389 g/mol. The minimum atomic E-state index is -0.101. The van der Waals surface area contributed by atoms with Crippen LogP contribution in [0.3, 0.4) is 0 Å². The summed E-state index contributed by atoms with van der Waals surface area (Å²) >= 11 is 1.23. The molecule has 0 bridgehead atoms. The van der Waals surface area contributed by atoms with Gasteiger partial charge in [-0.15, -0.1) is 10.2 Å². The molecule has 0 fully saturated rings. The molecular weight excluding hydrogens is 370 g/mol. The summed E-state index contributed by atoms with van der Waals surface area (Å²) in [6.07, 6.45) is 0.863. The summed E-state index contributed by atoms with van der Waals surface area (Å²) in [6.45, 7) is 2.06. The molecule has 1 N–H and O–H groups in total. The van der Waals surface area contributed by atoms with Crippen molar-refractivity contribution in [3.8, 4) is 11.5 Å². The number of carbonyl (C=O) groups is 1. The van der Waals surface area contributed by atoms with Crippen LogP contribution in [0.2, 0.25) is 0 Å². The number of nitrogens with zero attached hydrogens (tertiary/aromatic N) is 2. The van der Waals surface area contributed by atoms with E-state index in [9.17, 15) is 4.79 Å². The molecular formula is C22H19N3O2S. The third-order valence-electron chi connectivity index (χ3n) is 4.40. The van der Waals surface area contributed by atoms with Gasteiger partial charge >= 0.3 is 0 Å². The molecule has 28 heavy (non-hydrogen) atoms. The number of anilines is 1. The van der Waals surface area contributed by atoms with Gasteiger partial charge in [0.05, 0.1) is 5.75 Å². The Hall–Kier alpha value is -3.12. The van der Waals surface area contributed by atoms with Gasteiger partial charge in [0, 0.05) is 11.3 Å². The Bertz CT molecular complexity index is 1120. The topological polar surface area (TPSA) is 68.0 Å². The Kier molecular flexibility index (Phi) is 5.39. The monoisotopic (exact) mass is 389 g/mol. The number of aromatic nitrogens is 2. The van der Waals surface area contributed by atoms with Crippen LogP contribution < -0.4 is 5.32 Å².